The van der Waals surface area contributed by atoms with Crippen molar-refractivity contribution in [2.75, 3.05) is 10.6 Å². The molecule has 7 nitrogen and oxygen atoms in total. The molecule has 178 valence electrons. The van der Waals surface area contributed by atoms with Crippen LogP contribution in [0.15, 0.2) is 79.0 Å². The quantitative estimate of drug-likeness (QED) is 0.321. The number of nitrogens with zero attached hydrogens (tertiary/aromatic N) is 2. The summed E-state index contributed by atoms with van der Waals surface area (Å²) in [5.41, 5.74) is 3.52. The topological polar surface area (TPSA) is 85.2 Å². The molecule has 0 unspecified atom stereocenters. The van der Waals surface area contributed by atoms with E-state index in [0.717, 1.165) is 11.1 Å². The molecule has 0 aliphatic heterocycles. The third kappa shape index (κ3) is 6.07. The maximum Gasteiger partial charge on any atom is 0.278 e. The van der Waals surface area contributed by atoms with Crippen LogP contribution in [0.1, 0.15) is 38.9 Å². The number of rotatable bonds is 8. The Bertz CT molecular complexity index is 1330. The van der Waals surface area contributed by atoms with E-state index in [1.54, 1.807) is 41.2 Å². The Labute approximate surface area is 208 Å². The predicted molar refractivity (Wildman–Crippen MR) is 137 cm³/mol. The normalized spacial score (nSPS) is 10.6. The number of amides is 2. The molecule has 35 heavy (non-hydrogen) atoms. The molecule has 2 amide bonds. The first-order valence-electron chi connectivity index (χ1n) is 11.2. The minimum absolute atomic E-state index is 0.143. The zero-order chi connectivity index (χ0) is 24.8. The highest BCUT2D eigenvalue weighted by atomic mass is 35.5. The fraction of sp³-hybridized carbons (Fsp3) is 0.148. The van der Waals surface area contributed by atoms with Crippen LogP contribution in [0.25, 0.3) is 0 Å². The SMILES string of the molecule is CCn1cc(NC(=O)c2ccc(COc3cc(C)ccc3Cl)cc2)c(C(=O)Nc2ccccc2)n1. The smallest absolute Gasteiger partial charge is 0.278 e. The Morgan fingerprint density at radius 2 is 1.71 bits per heavy atom. The molecule has 4 aromatic rings. The summed E-state index contributed by atoms with van der Waals surface area (Å²) in [6.45, 7) is 4.75. The number of anilines is 2. The van der Waals surface area contributed by atoms with E-state index in [2.05, 4.69) is 15.7 Å². The monoisotopic (exact) mass is 488 g/mol. The largest absolute Gasteiger partial charge is 0.487 e. The molecule has 0 saturated heterocycles. The van der Waals surface area contributed by atoms with Gasteiger partial charge in [0.1, 0.15) is 12.4 Å². The van der Waals surface area contributed by atoms with Crippen LogP contribution in [0.5, 0.6) is 5.75 Å². The first-order chi connectivity index (χ1) is 16.9. The van der Waals surface area contributed by atoms with Crippen LogP contribution in [-0.2, 0) is 13.2 Å². The standard InChI is InChI=1S/C27H25ClN4O3/c1-3-32-16-23(25(31-32)27(34)29-21-7-5-4-6-8-21)30-26(33)20-12-10-19(11-13-20)17-35-24-15-18(2)9-14-22(24)28/h4-16H,3,17H2,1-2H3,(H,29,34)(H,30,33). The number of nitrogens with one attached hydrogen (secondary N) is 2. The van der Waals surface area contributed by atoms with Crippen molar-refractivity contribution >= 4 is 34.8 Å². The summed E-state index contributed by atoms with van der Waals surface area (Å²) in [7, 11) is 0. The van der Waals surface area contributed by atoms with E-state index in [9.17, 15) is 9.59 Å². The van der Waals surface area contributed by atoms with Crippen LogP contribution < -0.4 is 15.4 Å². The number of aryl methyl sites for hydroxylation is 2. The van der Waals surface area contributed by atoms with Crippen molar-refractivity contribution < 1.29 is 14.3 Å². The molecule has 0 saturated carbocycles. The van der Waals surface area contributed by atoms with E-state index >= 15 is 0 Å². The molecule has 0 fully saturated rings. The summed E-state index contributed by atoms with van der Waals surface area (Å²) in [6.07, 6.45) is 1.64. The van der Waals surface area contributed by atoms with E-state index in [-0.39, 0.29) is 11.6 Å². The van der Waals surface area contributed by atoms with Crippen molar-refractivity contribution in [1.82, 2.24) is 9.78 Å². The first-order valence-corrected chi connectivity index (χ1v) is 11.5. The van der Waals surface area contributed by atoms with Crippen molar-refractivity contribution in [3.8, 4) is 5.75 Å². The van der Waals surface area contributed by atoms with Crippen molar-refractivity contribution in [2.24, 2.45) is 0 Å². The van der Waals surface area contributed by atoms with Crippen LogP contribution in [0.3, 0.4) is 0 Å². The zero-order valence-corrected chi connectivity index (χ0v) is 20.2. The fourth-order valence-electron chi connectivity index (χ4n) is 3.38. The molecule has 0 atom stereocenters. The van der Waals surface area contributed by atoms with Crippen LogP contribution in [0, 0.1) is 6.92 Å². The van der Waals surface area contributed by atoms with Gasteiger partial charge in [0.25, 0.3) is 11.8 Å². The third-order valence-corrected chi connectivity index (χ3v) is 5.59. The van der Waals surface area contributed by atoms with Gasteiger partial charge >= 0.3 is 0 Å². The van der Waals surface area contributed by atoms with E-state index in [1.165, 1.54) is 0 Å². The van der Waals surface area contributed by atoms with Gasteiger partial charge in [-0.2, -0.15) is 5.10 Å². The number of aromatic nitrogens is 2. The van der Waals surface area contributed by atoms with Gasteiger partial charge in [0.2, 0.25) is 0 Å². The highest BCUT2D eigenvalue weighted by Gasteiger charge is 2.19. The van der Waals surface area contributed by atoms with Gasteiger partial charge in [-0.3, -0.25) is 14.3 Å². The second-order valence-electron chi connectivity index (χ2n) is 7.94. The summed E-state index contributed by atoms with van der Waals surface area (Å²) in [5, 5.41) is 10.5. The maximum atomic E-state index is 12.9. The number of halogens is 1. The van der Waals surface area contributed by atoms with Crippen molar-refractivity contribution in [1.29, 1.82) is 0 Å². The van der Waals surface area contributed by atoms with Gasteiger partial charge in [-0.05, 0) is 61.4 Å². The molecule has 2 N–H and O–H groups in total. The fourth-order valence-corrected chi connectivity index (χ4v) is 3.56. The van der Waals surface area contributed by atoms with Crippen LogP contribution in [0.2, 0.25) is 5.02 Å². The molecule has 4 rings (SSSR count). The van der Waals surface area contributed by atoms with Crippen LogP contribution >= 0.6 is 11.6 Å². The Kier molecular flexibility index (Phi) is 7.48. The van der Waals surface area contributed by atoms with Gasteiger partial charge in [0, 0.05) is 24.0 Å². The molecule has 0 bridgehead atoms. The van der Waals surface area contributed by atoms with E-state index < -0.39 is 5.91 Å². The lowest BCUT2D eigenvalue weighted by Crippen LogP contribution is -2.18. The van der Waals surface area contributed by atoms with E-state index in [4.69, 9.17) is 16.3 Å². The molecular weight excluding hydrogens is 464 g/mol. The number of carbonyl (C=O) groups is 2. The highest BCUT2D eigenvalue weighted by molar-refractivity contribution is 6.32. The van der Waals surface area contributed by atoms with Crippen molar-refractivity contribution in [3.63, 3.8) is 0 Å². The van der Waals surface area contributed by atoms with E-state index in [1.807, 2.05) is 56.3 Å². The highest BCUT2D eigenvalue weighted by Crippen LogP contribution is 2.26. The summed E-state index contributed by atoms with van der Waals surface area (Å²) < 4.78 is 7.42. The number of benzene rings is 3. The molecule has 1 heterocycles. The second kappa shape index (κ2) is 10.9. The minimum atomic E-state index is -0.402. The van der Waals surface area contributed by atoms with Gasteiger partial charge in [-0.25, -0.2) is 0 Å². The maximum absolute atomic E-state index is 12.9. The Hall–Kier alpha value is -4.10. The van der Waals surface area contributed by atoms with Gasteiger partial charge in [0.05, 0.1) is 10.7 Å². The lowest BCUT2D eigenvalue weighted by Gasteiger charge is -2.10. The number of para-hydroxylation sites is 1. The molecule has 1 aromatic heterocycles. The molecule has 8 heteroatoms. The van der Waals surface area contributed by atoms with Crippen LogP contribution in [-0.4, -0.2) is 21.6 Å². The molecule has 0 radical (unpaired) electrons. The summed E-state index contributed by atoms with van der Waals surface area (Å²) in [5.74, 6) is -0.132. The first kappa shape index (κ1) is 24.0. The predicted octanol–water partition coefficient (Wildman–Crippen LogP) is 5.95. The Morgan fingerprint density at radius 1 is 0.971 bits per heavy atom. The number of hydrogen-bond acceptors (Lipinski definition) is 4. The third-order valence-electron chi connectivity index (χ3n) is 5.28. The van der Waals surface area contributed by atoms with Crippen molar-refractivity contribution in [2.45, 2.75) is 27.0 Å². The number of ether oxygens (including phenoxy) is 1. The molecule has 0 aliphatic carbocycles. The lowest BCUT2D eigenvalue weighted by molar-refractivity contribution is 0.102. The Morgan fingerprint density at radius 3 is 2.43 bits per heavy atom. The van der Waals surface area contributed by atoms with Gasteiger partial charge in [-0.1, -0.05) is 48.0 Å². The lowest BCUT2D eigenvalue weighted by atomic mass is 10.1. The minimum Gasteiger partial charge on any atom is -0.487 e. The van der Waals surface area contributed by atoms with Crippen LogP contribution in [0.4, 0.5) is 11.4 Å². The van der Waals surface area contributed by atoms with Gasteiger partial charge in [-0.15, -0.1) is 0 Å². The van der Waals surface area contributed by atoms with Crippen molar-refractivity contribution in [3.05, 3.63) is 106 Å². The summed E-state index contributed by atoms with van der Waals surface area (Å²) in [6, 6.07) is 21.7. The average molecular weight is 489 g/mol. The molecule has 0 aliphatic rings. The summed E-state index contributed by atoms with van der Waals surface area (Å²) >= 11 is 6.19. The van der Waals surface area contributed by atoms with Gasteiger partial charge in [0.15, 0.2) is 5.69 Å². The average Bonchev–Trinajstić information content (AvgIpc) is 3.28. The van der Waals surface area contributed by atoms with Gasteiger partial charge < -0.3 is 15.4 Å². The molecular formula is C27H25ClN4O3. The van der Waals surface area contributed by atoms with E-state index in [0.29, 0.717) is 40.9 Å². The zero-order valence-electron chi connectivity index (χ0n) is 19.4. The molecule has 0 spiro atoms. The molecule has 3 aromatic carbocycles. The Balaban J connectivity index is 1.43. The summed E-state index contributed by atoms with van der Waals surface area (Å²) in [4.78, 5) is 25.7. The number of carbonyl (C=O) groups excluding carboxylic acids is 2. The second-order valence-corrected chi connectivity index (χ2v) is 8.35. The number of hydrogen-bond donors (Lipinski definition) is 2.